The molecular weight excluding hydrogens is 154 g/mol. The first-order valence-corrected chi connectivity index (χ1v) is 4.39. The summed E-state index contributed by atoms with van der Waals surface area (Å²) in [6, 6.07) is 0.115. The zero-order valence-corrected chi connectivity index (χ0v) is 7.42. The van der Waals surface area contributed by atoms with Crippen LogP contribution in [0.25, 0.3) is 0 Å². The van der Waals surface area contributed by atoms with Crippen molar-refractivity contribution in [2.24, 2.45) is 5.73 Å². The molecule has 1 rings (SSSR count). The van der Waals surface area contributed by atoms with E-state index < -0.39 is 0 Å². The molecule has 4 heteroatoms. The number of rotatable bonds is 3. The lowest BCUT2D eigenvalue weighted by Crippen LogP contribution is -2.49. The maximum Gasteiger partial charge on any atom is 0.234 e. The van der Waals surface area contributed by atoms with Crippen LogP contribution in [0.3, 0.4) is 0 Å². The number of amides is 1. The highest BCUT2D eigenvalue weighted by atomic mass is 16.1. The number of hydrogen-bond acceptors (Lipinski definition) is 2. The maximum absolute atomic E-state index is 10.7. The van der Waals surface area contributed by atoms with E-state index >= 15 is 0 Å². The van der Waals surface area contributed by atoms with Gasteiger partial charge in [-0.15, -0.1) is 0 Å². The van der Waals surface area contributed by atoms with Gasteiger partial charge in [0, 0.05) is 19.1 Å². The monoisotopic (exact) mass is 170 g/mol. The number of piperidine rings is 1. The topological polar surface area (TPSA) is 69.2 Å². The van der Waals surface area contributed by atoms with E-state index in [-0.39, 0.29) is 11.9 Å². The molecule has 0 aromatic carbocycles. The Kier molecular flexibility index (Phi) is 3.49. The average Bonchev–Trinajstić information content (AvgIpc) is 2.06. The summed E-state index contributed by atoms with van der Waals surface area (Å²) in [6.45, 7) is 3.57. The van der Waals surface area contributed by atoms with Crippen molar-refractivity contribution in [3.05, 3.63) is 0 Å². The molecule has 4 nitrogen and oxygen atoms in total. The van der Waals surface area contributed by atoms with E-state index in [2.05, 4.69) is 10.6 Å². The molecule has 0 spiro atoms. The molecule has 3 N–H and O–H groups in total. The molecule has 2 unspecified atom stereocenters. The van der Waals surface area contributed by atoms with Crippen LogP contribution >= 0.6 is 0 Å². The van der Waals surface area contributed by atoms with Crippen molar-refractivity contribution in [1.29, 1.82) is 0 Å². The van der Waals surface area contributed by atoms with Gasteiger partial charge >= 0.3 is 0 Å². The van der Waals surface area contributed by atoms with Gasteiger partial charge in [-0.25, -0.2) is 5.32 Å². The standard InChI is InChI=1S/C8H16N3O/c1-6(8(9)12)11-7-3-2-4-10-5-7/h6-7,11H,2-5H2,1H3,(H2,9,12). The van der Waals surface area contributed by atoms with E-state index in [9.17, 15) is 4.79 Å². The quantitative estimate of drug-likeness (QED) is 0.583. The van der Waals surface area contributed by atoms with Crippen molar-refractivity contribution in [3.8, 4) is 0 Å². The highest BCUT2D eigenvalue weighted by Gasteiger charge is 2.17. The van der Waals surface area contributed by atoms with Crippen LogP contribution in [0.1, 0.15) is 19.8 Å². The molecule has 0 aliphatic carbocycles. The SMILES string of the molecule is CC(NC1CCC[N]C1)C(N)=O. The smallest absolute Gasteiger partial charge is 0.234 e. The van der Waals surface area contributed by atoms with Gasteiger partial charge in [-0.05, 0) is 19.8 Å². The highest BCUT2D eigenvalue weighted by molar-refractivity contribution is 5.79. The fourth-order valence-corrected chi connectivity index (χ4v) is 1.36. The molecule has 69 valence electrons. The minimum Gasteiger partial charge on any atom is -0.368 e. The second-order valence-corrected chi connectivity index (χ2v) is 3.26. The molecule has 1 aliphatic heterocycles. The van der Waals surface area contributed by atoms with E-state index in [1.54, 1.807) is 6.92 Å². The Morgan fingerprint density at radius 3 is 3.00 bits per heavy atom. The third kappa shape index (κ3) is 2.79. The summed E-state index contributed by atoms with van der Waals surface area (Å²) in [4.78, 5) is 10.7. The van der Waals surface area contributed by atoms with Gasteiger partial charge in [0.1, 0.15) is 0 Å². The fourth-order valence-electron chi connectivity index (χ4n) is 1.36. The van der Waals surface area contributed by atoms with E-state index in [0.29, 0.717) is 6.04 Å². The minimum atomic E-state index is -0.291. The van der Waals surface area contributed by atoms with Crippen molar-refractivity contribution < 1.29 is 4.79 Å². The van der Waals surface area contributed by atoms with Crippen LogP contribution in [0.5, 0.6) is 0 Å². The molecule has 2 atom stereocenters. The molecule has 1 amide bonds. The lowest BCUT2D eigenvalue weighted by Gasteiger charge is -2.24. The zero-order valence-electron chi connectivity index (χ0n) is 7.42. The van der Waals surface area contributed by atoms with Gasteiger partial charge in [-0.2, -0.15) is 0 Å². The number of carbonyl (C=O) groups is 1. The normalized spacial score (nSPS) is 26.6. The molecule has 0 aromatic heterocycles. The molecule has 1 fully saturated rings. The number of nitrogens with two attached hydrogens (primary N) is 1. The number of nitrogens with one attached hydrogen (secondary N) is 1. The largest absolute Gasteiger partial charge is 0.368 e. The number of primary amides is 1. The first-order chi connectivity index (χ1) is 5.70. The number of nitrogens with zero attached hydrogens (tertiary/aromatic N) is 1. The fraction of sp³-hybridized carbons (Fsp3) is 0.875. The first kappa shape index (κ1) is 9.48. The van der Waals surface area contributed by atoms with E-state index in [4.69, 9.17) is 5.73 Å². The molecular formula is C8H16N3O. The number of carbonyl (C=O) groups excluding carboxylic acids is 1. The molecule has 0 bridgehead atoms. The summed E-state index contributed by atoms with van der Waals surface area (Å²) in [6.07, 6.45) is 2.21. The Balaban J connectivity index is 2.24. The highest BCUT2D eigenvalue weighted by Crippen LogP contribution is 2.03. The molecule has 0 saturated carbocycles. The third-order valence-electron chi connectivity index (χ3n) is 2.13. The van der Waals surface area contributed by atoms with Gasteiger partial charge in [0.2, 0.25) is 5.91 Å². The Morgan fingerprint density at radius 2 is 2.50 bits per heavy atom. The van der Waals surface area contributed by atoms with Crippen LogP contribution in [-0.4, -0.2) is 31.1 Å². The Labute approximate surface area is 72.9 Å². The minimum absolute atomic E-state index is 0.233. The van der Waals surface area contributed by atoms with E-state index in [0.717, 1.165) is 25.9 Å². The van der Waals surface area contributed by atoms with Crippen molar-refractivity contribution in [2.45, 2.75) is 31.8 Å². The molecule has 12 heavy (non-hydrogen) atoms. The van der Waals surface area contributed by atoms with Crippen LogP contribution in [0.2, 0.25) is 0 Å². The Bertz CT molecular complexity index is 154. The zero-order chi connectivity index (χ0) is 8.97. The van der Waals surface area contributed by atoms with Gasteiger partial charge in [0.15, 0.2) is 0 Å². The molecule has 0 aromatic rings. The summed E-state index contributed by atoms with van der Waals surface area (Å²) in [5.41, 5.74) is 5.12. The molecule has 1 aliphatic rings. The van der Waals surface area contributed by atoms with Crippen molar-refractivity contribution in [1.82, 2.24) is 10.6 Å². The van der Waals surface area contributed by atoms with E-state index in [1.165, 1.54) is 0 Å². The van der Waals surface area contributed by atoms with Crippen LogP contribution in [0, 0.1) is 0 Å². The summed E-state index contributed by atoms with van der Waals surface area (Å²) < 4.78 is 0. The molecule has 1 radical (unpaired) electrons. The van der Waals surface area contributed by atoms with Crippen LogP contribution in [0.15, 0.2) is 0 Å². The second kappa shape index (κ2) is 4.42. The summed E-state index contributed by atoms with van der Waals surface area (Å²) in [7, 11) is 0. The van der Waals surface area contributed by atoms with Gasteiger partial charge in [-0.1, -0.05) is 0 Å². The average molecular weight is 170 g/mol. The summed E-state index contributed by atoms with van der Waals surface area (Å²) >= 11 is 0. The lowest BCUT2D eigenvalue weighted by molar-refractivity contribution is -0.119. The van der Waals surface area contributed by atoms with Gasteiger partial charge in [0.05, 0.1) is 6.04 Å². The predicted octanol–water partition coefficient (Wildman–Crippen LogP) is -0.783. The first-order valence-electron chi connectivity index (χ1n) is 4.39. The third-order valence-corrected chi connectivity index (χ3v) is 2.13. The van der Waals surface area contributed by atoms with Crippen molar-refractivity contribution >= 4 is 5.91 Å². The molecule has 1 saturated heterocycles. The van der Waals surface area contributed by atoms with Crippen LogP contribution in [-0.2, 0) is 4.79 Å². The van der Waals surface area contributed by atoms with Gasteiger partial charge in [0.25, 0.3) is 0 Å². The van der Waals surface area contributed by atoms with Crippen LogP contribution in [0.4, 0.5) is 0 Å². The van der Waals surface area contributed by atoms with Crippen molar-refractivity contribution in [2.75, 3.05) is 13.1 Å². The molecule has 1 heterocycles. The lowest BCUT2D eigenvalue weighted by atomic mass is 10.1. The van der Waals surface area contributed by atoms with Gasteiger partial charge < -0.3 is 11.1 Å². The Morgan fingerprint density at radius 1 is 1.75 bits per heavy atom. The van der Waals surface area contributed by atoms with E-state index in [1.807, 2.05) is 0 Å². The summed E-state index contributed by atoms with van der Waals surface area (Å²) in [5, 5.41) is 7.41. The van der Waals surface area contributed by atoms with Crippen LogP contribution < -0.4 is 16.4 Å². The predicted molar refractivity (Wildman–Crippen MR) is 46.7 cm³/mol. The van der Waals surface area contributed by atoms with Gasteiger partial charge in [-0.3, -0.25) is 4.79 Å². The van der Waals surface area contributed by atoms with Crippen molar-refractivity contribution in [3.63, 3.8) is 0 Å². The second-order valence-electron chi connectivity index (χ2n) is 3.26. The Hall–Kier alpha value is -0.610. The summed E-state index contributed by atoms with van der Waals surface area (Å²) in [5.74, 6) is -0.291. The number of hydrogen-bond donors (Lipinski definition) is 2. The maximum atomic E-state index is 10.7.